The van der Waals surface area contributed by atoms with Gasteiger partial charge < -0.3 is 9.73 Å². The van der Waals surface area contributed by atoms with Crippen LogP contribution in [-0.4, -0.2) is 6.54 Å². The monoisotopic (exact) mass is 231 g/mol. The van der Waals surface area contributed by atoms with Crippen molar-refractivity contribution in [1.82, 2.24) is 5.32 Å². The normalized spacial score (nSPS) is 15.0. The molecule has 2 aromatic rings. The third kappa shape index (κ3) is 2.89. The van der Waals surface area contributed by atoms with Gasteiger partial charge in [0, 0.05) is 5.39 Å². The molecule has 17 heavy (non-hydrogen) atoms. The largest absolute Gasteiger partial charge is 0.459 e. The zero-order valence-corrected chi connectivity index (χ0v) is 10.9. The van der Waals surface area contributed by atoms with Gasteiger partial charge in [-0.25, -0.2) is 0 Å². The highest BCUT2D eigenvalue weighted by Gasteiger charge is 2.11. The summed E-state index contributed by atoms with van der Waals surface area (Å²) >= 11 is 0. The molecule has 0 aliphatic rings. The molecular formula is C15H21NO. The van der Waals surface area contributed by atoms with E-state index >= 15 is 0 Å². The van der Waals surface area contributed by atoms with E-state index in [9.17, 15) is 0 Å². The molecule has 0 aliphatic heterocycles. The van der Waals surface area contributed by atoms with Crippen LogP contribution in [-0.2, 0) is 0 Å². The van der Waals surface area contributed by atoms with Crippen LogP contribution in [0.2, 0.25) is 0 Å². The minimum Gasteiger partial charge on any atom is -0.459 e. The second-order valence-corrected chi connectivity index (χ2v) is 4.83. The fourth-order valence-corrected chi connectivity index (χ4v) is 1.84. The lowest BCUT2D eigenvalue weighted by molar-refractivity contribution is 0.411. The number of rotatable bonds is 5. The molecule has 2 atom stereocenters. The lowest BCUT2D eigenvalue weighted by Crippen LogP contribution is -2.23. The third-order valence-corrected chi connectivity index (χ3v) is 3.34. The fraction of sp³-hybridized carbons (Fsp3) is 0.467. The van der Waals surface area contributed by atoms with Crippen molar-refractivity contribution in [2.24, 2.45) is 5.92 Å². The molecule has 2 nitrogen and oxygen atoms in total. The molecule has 0 fully saturated rings. The van der Waals surface area contributed by atoms with Gasteiger partial charge in [0.2, 0.25) is 0 Å². The summed E-state index contributed by atoms with van der Waals surface area (Å²) in [5.41, 5.74) is 0.972. The van der Waals surface area contributed by atoms with Crippen LogP contribution in [0.1, 0.15) is 39.0 Å². The number of nitrogens with one attached hydrogen (secondary N) is 1. The number of para-hydroxylation sites is 1. The highest BCUT2D eigenvalue weighted by molar-refractivity contribution is 5.77. The number of hydrogen-bond acceptors (Lipinski definition) is 2. The van der Waals surface area contributed by atoms with Gasteiger partial charge in [-0.05, 0) is 31.5 Å². The molecule has 2 rings (SSSR count). The van der Waals surface area contributed by atoms with Crippen LogP contribution in [0, 0.1) is 5.92 Å². The summed E-state index contributed by atoms with van der Waals surface area (Å²) in [4.78, 5) is 0. The van der Waals surface area contributed by atoms with E-state index in [1.807, 2.05) is 18.2 Å². The molecule has 0 saturated heterocycles. The van der Waals surface area contributed by atoms with Gasteiger partial charge in [-0.1, -0.05) is 38.5 Å². The van der Waals surface area contributed by atoms with E-state index in [-0.39, 0.29) is 6.04 Å². The first-order valence-electron chi connectivity index (χ1n) is 6.42. The molecule has 0 saturated carbocycles. The first kappa shape index (κ1) is 12.2. The molecule has 1 aromatic heterocycles. The Balaban J connectivity index is 2.06. The lowest BCUT2D eigenvalue weighted by Gasteiger charge is -2.14. The Hall–Kier alpha value is -1.28. The van der Waals surface area contributed by atoms with Gasteiger partial charge in [0.05, 0.1) is 6.04 Å². The summed E-state index contributed by atoms with van der Waals surface area (Å²) < 4.78 is 5.83. The number of furan rings is 1. The van der Waals surface area contributed by atoms with Crippen molar-refractivity contribution in [3.63, 3.8) is 0 Å². The molecular weight excluding hydrogens is 210 g/mol. The second-order valence-electron chi connectivity index (χ2n) is 4.83. The highest BCUT2D eigenvalue weighted by atomic mass is 16.3. The molecule has 1 aromatic carbocycles. The third-order valence-electron chi connectivity index (χ3n) is 3.34. The molecule has 1 heterocycles. The smallest absolute Gasteiger partial charge is 0.134 e. The van der Waals surface area contributed by atoms with Gasteiger partial charge in [0.15, 0.2) is 0 Å². The van der Waals surface area contributed by atoms with E-state index < -0.39 is 0 Å². The number of benzene rings is 1. The highest BCUT2D eigenvalue weighted by Crippen LogP contribution is 2.23. The van der Waals surface area contributed by atoms with Crippen molar-refractivity contribution < 1.29 is 4.42 Å². The SMILES string of the molecule is CCC(C)CNC(C)c1cc2ccccc2o1. The standard InChI is InChI=1S/C15H21NO/c1-4-11(2)10-16-12(3)15-9-13-7-5-6-8-14(13)17-15/h5-9,11-12,16H,4,10H2,1-3H3. The first-order valence-corrected chi connectivity index (χ1v) is 6.42. The quantitative estimate of drug-likeness (QED) is 0.837. The Morgan fingerprint density at radius 2 is 2.00 bits per heavy atom. The van der Waals surface area contributed by atoms with Gasteiger partial charge in [-0.3, -0.25) is 0 Å². The maximum absolute atomic E-state index is 5.83. The number of hydrogen-bond donors (Lipinski definition) is 1. The molecule has 0 spiro atoms. The van der Waals surface area contributed by atoms with Crippen molar-refractivity contribution in [2.45, 2.75) is 33.2 Å². The maximum atomic E-state index is 5.83. The van der Waals surface area contributed by atoms with Gasteiger partial charge in [0.1, 0.15) is 11.3 Å². The van der Waals surface area contributed by atoms with E-state index in [0.717, 1.165) is 17.9 Å². The van der Waals surface area contributed by atoms with Gasteiger partial charge in [-0.2, -0.15) is 0 Å². The molecule has 92 valence electrons. The predicted octanol–water partition coefficient (Wildman–Crippen LogP) is 4.13. The second kappa shape index (κ2) is 5.37. The minimum absolute atomic E-state index is 0.274. The van der Waals surface area contributed by atoms with Crippen molar-refractivity contribution in [2.75, 3.05) is 6.54 Å². The van der Waals surface area contributed by atoms with Crippen LogP contribution in [0.25, 0.3) is 11.0 Å². The molecule has 0 aliphatic carbocycles. The Morgan fingerprint density at radius 3 is 2.71 bits per heavy atom. The average molecular weight is 231 g/mol. The molecule has 2 unspecified atom stereocenters. The molecule has 0 bridgehead atoms. The summed E-state index contributed by atoms with van der Waals surface area (Å²) in [6, 6.07) is 10.6. The van der Waals surface area contributed by atoms with Crippen LogP contribution in [0.3, 0.4) is 0 Å². The topological polar surface area (TPSA) is 25.2 Å². The van der Waals surface area contributed by atoms with E-state index in [0.29, 0.717) is 5.92 Å². The van der Waals surface area contributed by atoms with Crippen molar-refractivity contribution in [3.8, 4) is 0 Å². The fourth-order valence-electron chi connectivity index (χ4n) is 1.84. The van der Waals surface area contributed by atoms with Crippen LogP contribution < -0.4 is 5.32 Å². The van der Waals surface area contributed by atoms with Crippen molar-refractivity contribution >= 4 is 11.0 Å². The average Bonchev–Trinajstić information content (AvgIpc) is 2.79. The van der Waals surface area contributed by atoms with E-state index in [4.69, 9.17) is 4.42 Å². The zero-order valence-electron chi connectivity index (χ0n) is 10.9. The zero-order chi connectivity index (χ0) is 12.3. The van der Waals surface area contributed by atoms with E-state index in [1.54, 1.807) is 0 Å². The van der Waals surface area contributed by atoms with Crippen molar-refractivity contribution in [3.05, 3.63) is 36.1 Å². The van der Waals surface area contributed by atoms with Gasteiger partial charge in [0.25, 0.3) is 0 Å². The van der Waals surface area contributed by atoms with Crippen LogP contribution >= 0.6 is 0 Å². The summed E-state index contributed by atoms with van der Waals surface area (Å²) in [5.74, 6) is 1.73. The van der Waals surface area contributed by atoms with Gasteiger partial charge >= 0.3 is 0 Å². The minimum atomic E-state index is 0.274. The molecule has 2 heteroatoms. The van der Waals surface area contributed by atoms with Crippen LogP contribution in [0.15, 0.2) is 34.7 Å². The summed E-state index contributed by atoms with van der Waals surface area (Å²) in [7, 11) is 0. The Labute approximate surface area is 103 Å². The van der Waals surface area contributed by atoms with Crippen LogP contribution in [0.4, 0.5) is 0 Å². The molecule has 0 radical (unpaired) electrons. The lowest BCUT2D eigenvalue weighted by atomic mass is 10.1. The molecule has 1 N–H and O–H groups in total. The number of fused-ring (bicyclic) bond motifs is 1. The first-order chi connectivity index (χ1) is 8.20. The molecule has 0 amide bonds. The summed E-state index contributed by atoms with van der Waals surface area (Å²) in [6.07, 6.45) is 1.21. The Bertz CT molecular complexity index is 441. The predicted molar refractivity (Wildman–Crippen MR) is 72.1 cm³/mol. The van der Waals surface area contributed by atoms with Crippen LogP contribution in [0.5, 0.6) is 0 Å². The Morgan fingerprint density at radius 1 is 1.24 bits per heavy atom. The van der Waals surface area contributed by atoms with Gasteiger partial charge in [-0.15, -0.1) is 0 Å². The van der Waals surface area contributed by atoms with Crippen molar-refractivity contribution in [1.29, 1.82) is 0 Å². The summed E-state index contributed by atoms with van der Waals surface area (Å²) in [5, 5.41) is 4.70. The summed E-state index contributed by atoms with van der Waals surface area (Å²) in [6.45, 7) is 7.67. The Kier molecular flexibility index (Phi) is 3.85. The maximum Gasteiger partial charge on any atom is 0.134 e. The van der Waals surface area contributed by atoms with E-state index in [2.05, 4.69) is 38.2 Å². The van der Waals surface area contributed by atoms with E-state index in [1.165, 1.54) is 11.8 Å².